The Bertz CT molecular complexity index is 743. The molecule has 0 N–H and O–H groups in total. The lowest BCUT2D eigenvalue weighted by molar-refractivity contribution is -0.141. The molecule has 2 fully saturated rings. The van der Waals surface area contributed by atoms with Crippen LogP contribution in [-0.4, -0.2) is 71.7 Å². The van der Waals surface area contributed by atoms with Gasteiger partial charge in [0, 0.05) is 61.3 Å². The van der Waals surface area contributed by atoms with Gasteiger partial charge in [-0.05, 0) is 31.0 Å². The zero-order chi connectivity index (χ0) is 20.3. The van der Waals surface area contributed by atoms with Gasteiger partial charge in [-0.25, -0.2) is 0 Å². The zero-order valence-corrected chi connectivity index (χ0v) is 17.5. The summed E-state index contributed by atoms with van der Waals surface area (Å²) in [7, 11) is 0. The van der Waals surface area contributed by atoms with E-state index in [1.165, 1.54) is 0 Å². The molecule has 3 rings (SSSR count). The summed E-state index contributed by atoms with van der Waals surface area (Å²) in [6, 6.07) is 4.80. The minimum absolute atomic E-state index is 0.0894. The monoisotopic (exact) mass is 425 g/mol. The molecule has 6 nitrogen and oxygen atoms in total. The number of hydrogen-bond donors (Lipinski definition) is 0. The minimum Gasteiger partial charge on any atom is -0.342 e. The number of piperidine rings is 1. The van der Waals surface area contributed by atoms with E-state index in [2.05, 4.69) is 0 Å². The molecular formula is C20H25Cl2N3O3. The summed E-state index contributed by atoms with van der Waals surface area (Å²) in [6.45, 7) is 5.02. The van der Waals surface area contributed by atoms with Crippen molar-refractivity contribution in [1.82, 2.24) is 14.7 Å². The number of hydrogen-bond acceptors (Lipinski definition) is 3. The molecule has 0 aromatic heterocycles. The van der Waals surface area contributed by atoms with Gasteiger partial charge in [0.05, 0.1) is 5.92 Å². The van der Waals surface area contributed by atoms with Gasteiger partial charge in [-0.15, -0.1) is 0 Å². The van der Waals surface area contributed by atoms with E-state index in [-0.39, 0.29) is 23.6 Å². The van der Waals surface area contributed by atoms with Gasteiger partial charge in [-0.2, -0.15) is 0 Å². The fourth-order valence-corrected chi connectivity index (χ4v) is 4.40. The summed E-state index contributed by atoms with van der Waals surface area (Å²) in [5, 5.41) is 0.848. The number of piperazine rings is 1. The van der Waals surface area contributed by atoms with Crippen LogP contribution in [0, 0.1) is 5.92 Å². The lowest BCUT2D eigenvalue weighted by Crippen LogP contribution is -2.54. The second-order valence-electron chi connectivity index (χ2n) is 7.31. The van der Waals surface area contributed by atoms with Gasteiger partial charge in [0.1, 0.15) is 0 Å². The second kappa shape index (κ2) is 9.14. The number of nitrogens with zero attached hydrogens (tertiary/aromatic N) is 3. The fourth-order valence-electron chi connectivity index (χ4n) is 3.88. The Hall–Kier alpha value is -1.79. The first kappa shape index (κ1) is 20.9. The van der Waals surface area contributed by atoms with E-state index < -0.39 is 0 Å². The maximum atomic E-state index is 12.9. The van der Waals surface area contributed by atoms with Gasteiger partial charge in [-0.3, -0.25) is 14.4 Å². The summed E-state index contributed by atoms with van der Waals surface area (Å²) < 4.78 is 0. The maximum absolute atomic E-state index is 12.9. The maximum Gasteiger partial charge on any atom is 0.254 e. The van der Waals surface area contributed by atoms with Crippen molar-refractivity contribution < 1.29 is 14.4 Å². The Morgan fingerprint density at radius 2 is 1.54 bits per heavy atom. The molecule has 2 saturated heterocycles. The summed E-state index contributed by atoms with van der Waals surface area (Å²) in [4.78, 5) is 42.9. The van der Waals surface area contributed by atoms with Crippen LogP contribution in [0.25, 0.3) is 0 Å². The van der Waals surface area contributed by atoms with Crippen LogP contribution in [0.5, 0.6) is 0 Å². The van der Waals surface area contributed by atoms with Gasteiger partial charge < -0.3 is 14.7 Å². The first-order valence-corrected chi connectivity index (χ1v) is 10.5. The molecule has 0 saturated carbocycles. The van der Waals surface area contributed by atoms with Crippen molar-refractivity contribution in [3.8, 4) is 0 Å². The molecule has 28 heavy (non-hydrogen) atoms. The molecule has 0 aliphatic carbocycles. The van der Waals surface area contributed by atoms with E-state index in [9.17, 15) is 14.4 Å². The molecule has 0 spiro atoms. The van der Waals surface area contributed by atoms with Crippen molar-refractivity contribution in [3.63, 3.8) is 0 Å². The SMILES string of the molecule is CCC(=O)N1CCCC(C(=O)N2CCN(C(=O)c3cc(Cl)cc(Cl)c3)CC2)C1. The zero-order valence-electron chi connectivity index (χ0n) is 16.0. The van der Waals surface area contributed by atoms with Gasteiger partial charge in [0.25, 0.3) is 5.91 Å². The van der Waals surface area contributed by atoms with Crippen molar-refractivity contribution in [3.05, 3.63) is 33.8 Å². The number of amides is 3. The Morgan fingerprint density at radius 3 is 2.14 bits per heavy atom. The lowest BCUT2D eigenvalue weighted by Gasteiger charge is -2.39. The third-order valence-corrected chi connectivity index (χ3v) is 5.85. The number of halogens is 2. The highest BCUT2D eigenvalue weighted by molar-refractivity contribution is 6.35. The van der Waals surface area contributed by atoms with E-state index in [0.717, 1.165) is 19.4 Å². The van der Waals surface area contributed by atoms with Crippen molar-refractivity contribution in [2.24, 2.45) is 5.92 Å². The van der Waals surface area contributed by atoms with Crippen molar-refractivity contribution >= 4 is 40.9 Å². The van der Waals surface area contributed by atoms with E-state index >= 15 is 0 Å². The quantitative estimate of drug-likeness (QED) is 0.747. The third kappa shape index (κ3) is 4.78. The highest BCUT2D eigenvalue weighted by atomic mass is 35.5. The third-order valence-electron chi connectivity index (χ3n) is 5.41. The molecule has 2 heterocycles. The summed E-state index contributed by atoms with van der Waals surface area (Å²) >= 11 is 12.0. The number of carbonyl (C=O) groups excluding carboxylic acids is 3. The van der Waals surface area contributed by atoms with E-state index in [1.54, 1.807) is 28.0 Å². The molecule has 3 amide bonds. The first-order chi connectivity index (χ1) is 13.4. The highest BCUT2D eigenvalue weighted by Gasteiger charge is 2.33. The smallest absolute Gasteiger partial charge is 0.254 e. The van der Waals surface area contributed by atoms with Gasteiger partial charge >= 0.3 is 0 Å². The van der Waals surface area contributed by atoms with E-state index in [0.29, 0.717) is 54.8 Å². The molecular weight excluding hydrogens is 401 g/mol. The van der Waals surface area contributed by atoms with E-state index in [4.69, 9.17) is 23.2 Å². The molecule has 0 bridgehead atoms. The summed E-state index contributed by atoms with van der Waals surface area (Å²) in [5.41, 5.74) is 0.457. The predicted molar refractivity (Wildman–Crippen MR) is 109 cm³/mol. The van der Waals surface area contributed by atoms with Gasteiger partial charge in [0.2, 0.25) is 11.8 Å². The van der Waals surface area contributed by atoms with Gasteiger partial charge in [-0.1, -0.05) is 30.1 Å². The molecule has 2 aliphatic heterocycles. The van der Waals surface area contributed by atoms with Crippen LogP contribution in [-0.2, 0) is 9.59 Å². The molecule has 0 radical (unpaired) electrons. The molecule has 1 atom stereocenters. The predicted octanol–water partition coefficient (Wildman–Crippen LogP) is 2.93. The highest BCUT2D eigenvalue weighted by Crippen LogP contribution is 2.22. The van der Waals surface area contributed by atoms with Crippen LogP contribution in [0.4, 0.5) is 0 Å². The van der Waals surface area contributed by atoms with E-state index in [1.807, 2.05) is 11.8 Å². The Morgan fingerprint density at radius 1 is 0.929 bits per heavy atom. The van der Waals surface area contributed by atoms with Crippen LogP contribution in [0.15, 0.2) is 18.2 Å². The largest absolute Gasteiger partial charge is 0.342 e. The fraction of sp³-hybridized carbons (Fsp3) is 0.550. The van der Waals surface area contributed by atoms with Crippen molar-refractivity contribution in [2.75, 3.05) is 39.3 Å². The molecule has 8 heteroatoms. The van der Waals surface area contributed by atoms with Crippen LogP contribution in [0.2, 0.25) is 10.0 Å². The van der Waals surface area contributed by atoms with Crippen molar-refractivity contribution in [1.29, 1.82) is 0 Å². The summed E-state index contributed by atoms with van der Waals surface area (Å²) in [6.07, 6.45) is 2.14. The van der Waals surface area contributed by atoms with Gasteiger partial charge in [0.15, 0.2) is 0 Å². The molecule has 152 valence electrons. The second-order valence-corrected chi connectivity index (χ2v) is 8.18. The standard InChI is InChI=1S/C20H25Cl2N3O3/c1-2-18(26)25-5-3-4-14(13-25)19(27)23-6-8-24(9-7-23)20(28)15-10-16(21)12-17(22)11-15/h10-12,14H,2-9,13H2,1H3. The molecule has 1 aromatic carbocycles. The topological polar surface area (TPSA) is 60.9 Å². The number of rotatable bonds is 3. The molecule has 1 unspecified atom stereocenters. The van der Waals surface area contributed by atoms with Crippen LogP contribution >= 0.6 is 23.2 Å². The van der Waals surface area contributed by atoms with Crippen molar-refractivity contribution in [2.45, 2.75) is 26.2 Å². The average molecular weight is 426 g/mol. The number of benzene rings is 1. The lowest BCUT2D eigenvalue weighted by atomic mass is 9.96. The number of likely N-dealkylation sites (tertiary alicyclic amines) is 1. The Labute approximate surface area is 175 Å². The Kier molecular flexibility index (Phi) is 6.83. The van der Waals surface area contributed by atoms with Crippen LogP contribution in [0.3, 0.4) is 0 Å². The Balaban J connectivity index is 1.56. The molecule has 2 aliphatic rings. The average Bonchev–Trinajstić information content (AvgIpc) is 2.71. The van der Waals surface area contributed by atoms with Crippen LogP contribution < -0.4 is 0 Å². The molecule has 1 aromatic rings. The summed E-state index contributed by atoms with van der Waals surface area (Å²) in [5.74, 6) is -0.0771. The minimum atomic E-state index is -0.141. The first-order valence-electron chi connectivity index (χ1n) is 9.71. The van der Waals surface area contributed by atoms with Crippen LogP contribution in [0.1, 0.15) is 36.5 Å². The number of carbonyl (C=O) groups is 3. The normalized spacial score (nSPS) is 20.2.